The summed E-state index contributed by atoms with van der Waals surface area (Å²) in [5.74, 6) is -4.65. The number of anilines is 1. The van der Waals surface area contributed by atoms with Crippen LogP contribution in [0.3, 0.4) is 0 Å². The molecule has 1 aromatic carbocycles. The number of benzene rings is 1. The molecule has 0 bridgehead atoms. The Labute approximate surface area is 110 Å². The molecule has 0 aliphatic rings. The SMILES string of the molecule is O=C(Nc1cc(F)cc(F)c1F)c1cnc(Cl)cn1. The quantitative estimate of drug-likeness (QED) is 0.864. The molecule has 8 heteroatoms. The third kappa shape index (κ3) is 3.00. The second-order valence-corrected chi connectivity index (χ2v) is 3.81. The van der Waals surface area contributed by atoms with E-state index in [0.29, 0.717) is 12.1 Å². The van der Waals surface area contributed by atoms with Crippen LogP contribution >= 0.6 is 11.6 Å². The Morgan fingerprint density at radius 2 is 1.89 bits per heavy atom. The molecule has 0 aliphatic heterocycles. The molecule has 1 N–H and O–H groups in total. The summed E-state index contributed by atoms with van der Waals surface area (Å²) in [5.41, 5.74) is -0.798. The zero-order chi connectivity index (χ0) is 14.0. The summed E-state index contributed by atoms with van der Waals surface area (Å²) in [5, 5.41) is 2.06. The van der Waals surface area contributed by atoms with E-state index in [9.17, 15) is 18.0 Å². The highest BCUT2D eigenvalue weighted by atomic mass is 35.5. The summed E-state index contributed by atoms with van der Waals surface area (Å²) >= 11 is 5.48. The number of carbonyl (C=O) groups is 1. The fourth-order valence-corrected chi connectivity index (χ4v) is 1.36. The Kier molecular flexibility index (Phi) is 3.66. The second-order valence-electron chi connectivity index (χ2n) is 3.43. The normalized spacial score (nSPS) is 10.3. The van der Waals surface area contributed by atoms with E-state index >= 15 is 0 Å². The number of rotatable bonds is 2. The molecular formula is C11H5ClF3N3O. The van der Waals surface area contributed by atoms with Gasteiger partial charge >= 0.3 is 0 Å². The van der Waals surface area contributed by atoms with Crippen LogP contribution in [0, 0.1) is 17.5 Å². The van der Waals surface area contributed by atoms with Crippen LogP contribution in [0.15, 0.2) is 24.5 Å². The average molecular weight is 288 g/mol. The fourth-order valence-electron chi connectivity index (χ4n) is 1.26. The minimum atomic E-state index is -1.41. The lowest BCUT2D eigenvalue weighted by atomic mass is 10.2. The van der Waals surface area contributed by atoms with E-state index in [1.807, 2.05) is 5.32 Å². The van der Waals surface area contributed by atoms with E-state index in [1.54, 1.807) is 0 Å². The van der Waals surface area contributed by atoms with Crippen molar-refractivity contribution in [2.45, 2.75) is 0 Å². The maximum Gasteiger partial charge on any atom is 0.275 e. The van der Waals surface area contributed by atoms with E-state index in [4.69, 9.17) is 11.6 Å². The minimum absolute atomic E-state index is 0.0690. The van der Waals surface area contributed by atoms with Crippen molar-refractivity contribution in [3.63, 3.8) is 0 Å². The molecule has 2 rings (SSSR count). The van der Waals surface area contributed by atoms with Crippen LogP contribution in [-0.4, -0.2) is 15.9 Å². The lowest BCUT2D eigenvalue weighted by Crippen LogP contribution is -2.15. The van der Waals surface area contributed by atoms with Crippen molar-refractivity contribution < 1.29 is 18.0 Å². The van der Waals surface area contributed by atoms with Crippen LogP contribution < -0.4 is 5.32 Å². The van der Waals surface area contributed by atoms with Crippen LogP contribution in [-0.2, 0) is 0 Å². The Bertz CT molecular complexity index is 634. The topological polar surface area (TPSA) is 54.9 Å². The molecule has 0 spiro atoms. The van der Waals surface area contributed by atoms with Gasteiger partial charge in [0.1, 0.15) is 16.7 Å². The van der Waals surface area contributed by atoms with Gasteiger partial charge in [-0.2, -0.15) is 0 Å². The number of carbonyl (C=O) groups excluding carboxylic acids is 1. The van der Waals surface area contributed by atoms with E-state index < -0.39 is 29.0 Å². The largest absolute Gasteiger partial charge is 0.318 e. The maximum atomic E-state index is 13.3. The van der Waals surface area contributed by atoms with Crippen molar-refractivity contribution in [1.29, 1.82) is 0 Å². The molecule has 0 radical (unpaired) electrons. The molecule has 0 saturated carbocycles. The van der Waals surface area contributed by atoms with Crippen molar-refractivity contribution in [1.82, 2.24) is 9.97 Å². The minimum Gasteiger partial charge on any atom is -0.318 e. The zero-order valence-corrected chi connectivity index (χ0v) is 9.88. The number of hydrogen-bond donors (Lipinski definition) is 1. The number of nitrogens with zero attached hydrogens (tertiary/aromatic N) is 2. The highest BCUT2D eigenvalue weighted by Gasteiger charge is 2.15. The highest BCUT2D eigenvalue weighted by Crippen LogP contribution is 2.19. The van der Waals surface area contributed by atoms with Crippen LogP contribution in [0.5, 0.6) is 0 Å². The van der Waals surface area contributed by atoms with Gasteiger partial charge in [-0.15, -0.1) is 0 Å². The van der Waals surface area contributed by atoms with Crippen molar-refractivity contribution in [3.8, 4) is 0 Å². The van der Waals surface area contributed by atoms with Gasteiger partial charge in [0.15, 0.2) is 11.6 Å². The predicted molar refractivity (Wildman–Crippen MR) is 61.3 cm³/mol. The molecule has 0 aliphatic carbocycles. The third-order valence-electron chi connectivity index (χ3n) is 2.09. The van der Waals surface area contributed by atoms with Gasteiger partial charge in [0.05, 0.1) is 18.1 Å². The summed E-state index contributed by atoms with van der Waals surface area (Å²) in [6, 6.07) is 1.02. The lowest BCUT2D eigenvalue weighted by Gasteiger charge is -2.06. The number of aromatic nitrogens is 2. The van der Waals surface area contributed by atoms with Crippen LogP contribution in [0.1, 0.15) is 10.5 Å². The summed E-state index contributed by atoms with van der Waals surface area (Å²) in [4.78, 5) is 18.9. The van der Waals surface area contributed by atoms with Crippen LogP contribution in [0.4, 0.5) is 18.9 Å². The summed E-state index contributed by atoms with van der Waals surface area (Å²) in [6.45, 7) is 0. The molecule has 0 atom stereocenters. The van der Waals surface area contributed by atoms with E-state index in [2.05, 4.69) is 9.97 Å². The van der Waals surface area contributed by atoms with Gasteiger partial charge in [-0.25, -0.2) is 23.1 Å². The molecule has 0 saturated heterocycles. The molecule has 0 unspecified atom stereocenters. The number of halogens is 4. The molecule has 1 aromatic heterocycles. The molecule has 19 heavy (non-hydrogen) atoms. The fraction of sp³-hybridized carbons (Fsp3) is 0. The molecule has 2 aromatic rings. The van der Waals surface area contributed by atoms with E-state index in [-0.39, 0.29) is 10.8 Å². The zero-order valence-electron chi connectivity index (χ0n) is 9.12. The molecule has 4 nitrogen and oxygen atoms in total. The van der Waals surface area contributed by atoms with E-state index in [1.165, 1.54) is 0 Å². The smallest absolute Gasteiger partial charge is 0.275 e. The third-order valence-corrected chi connectivity index (χ3v) is 2.29. The maximum absolute atomic E-state index is 13.3. The van der Waals surface area contributed by atoms with Crippen molar-refractivity contribution in [2.24, 2.45) is 0 Å². The van der Waals surface area contributed by atoms with E-state index in [0.717, 1.165) is 12.4 Å². The average Bonchev–Trinajstić information content (AvgIpc) is 2.36. The van der Waals surface area contributed by atoms with Gasteiger partial charge in [-0.3, -0.25) is 4.79 Å². The summed E-state index contributed by atoms with van der Waals surface area (Å²) < 4.78 is 39.2. The molecule has 98 valence electrons. The second kappa shape index (κ2) is 5.23. The van der Waals surface area contributed by atoms with Gasteiger partial charge in [-0.05, 0) is 0 Å². The Morgan fingerprint density at radius 3 is 2.53 bits per heavy atom. The molecular weight excluding hydrogens is 283 g/mol. The van der Waals surface area contributed by atoms with Crippen molar-refractivity contribution in [3.05, 3.63) is 52.8 Å². The van der Waals surface area contributed by atoms with Crippen molar-refractivity contribution in [2.75, 3.05) is 5.32 Å². The molecule has 1 heterocycles. The highest BCUT2D eigenvalue weighted by molar-refractivity contribution is 6.29. The van der Waals surface area contributed by atoms with Crippen molar-refractivity contribution >= 4 is 23.2 Å². The number of hydrogen-bond acceptors (Lipinski definition) is 3. The predicted octanol–water partition coefficient (Wildman–Crippen LogP) is 2.80. The van der Waals surface area contributed by atoms with Crippen LogP contribution in [0.2, 0.25) is 5.15 Å². The van der Waals surface area contributed by atoms with Gasteiger partial charge in [0.25, 0.3) is 5.91 Å². The summed E-state index contributed by atoms with van der Waals surface area (Å²) in [6.07, 6.45) is 2.16. The van der Waals surface area contributed by atoms with Gasteiger partial charge in [-0.1, -0.05) is 11.6 Å². The Morgan fingerprint density at radius 1 is 1.16 bits per heavy atom. The summed E-state index contributed by atoms with van der Waals surface area (Å²) in [7, 11) is 0. The first-order chi connectivity index (χ1) is 8.97. The molecule has 1 amide bonds. The monoisotopic (exact) mass is 287 g/mol. The first-order valence-electron chi connectivity index (χ1n) is 4.91. The van der Waals surface area contributed by atoms with Gasteiger partial charge < -0.3 is 5.32 Å². The first kappa shape index (κ1) is 13.3. The molecule has 0 fully saturated rings. The number of nitrogens with one attached hydrogen (secondary N) is 1. The van der Waals surface area contributed by atoms with Gasteiger partial charge in [0.2, 0.25) is 0 Å². The lowest BCUT2D eigenvalue weighted by molar-refractivity contribution is 0.102. The van der Waals surface area contributed by atoms with Gasteiger partial charge in [0, 0.05) is 12.1 Å². The Hall–Kier alpha value is -2.15. The standard InChI is InChI=1S/C11H5ClF3N3O/c12-9-4-16-8(3-17-9)11(19)18-7-2-5(13)1-6(14)10(7)15/h1-4H,(H,18,19). The number of amides is 1. The first-order valence-corrected chi connectivity index (χ1v) is 5.28. The van der Waals surface area contributed by atoms with Crippen LogP contribution in [0.25, 0.3) is 0 Å². The Balaban J connectivity index is 2.26.